The fourth-order valence-corrected chi connectivity index (χ4v) is 3.23. The number of carboxylic acid groups (broad SMARTS) is 1. The molecule has 0 aliphatic heterocycles. The molecule has 2 aromatic heterocycles. The van der Waals surface area contributed by atoms with Crippen LogP contribution in [-0.4, -0.2) is 32.3 Å². The summed E-state index contributed by atoms with van der Waals surface area (Å²) < 4.78 is 0.900. The van der Waals surface area contributed by atoms with Crippen LogP contribution >= 0.6 is 23.1 Å². The number of aromatic nitrogens is 3. The summed E-state index contributed by atoms with van der Waals surface area (Å²) in [6, 6.07) is 4.62. The first-order valence-electron chi connectivity index (χ1n) is 5.90. The Morgan fingerprint density at radius 3 is 2.85 bits per heavy atom. The Morgan fingerprint density at radius 2 is 2.20 bits per heavy atom. The van der Waals surface area contributed by atoms with E-state index in [2.05, 4.69) is 15.2 Å². The zero-order valence-corrected chi connectivity index (χ0v) is 12.4. The number of thioether (sulfide) groups is 1. The number of aryl methyl sites for hydroxylation is 1. The second-order valence-electron chi connectivity index (χ2n) is 4.14. The van der Waals surface area contributed by atoms with Crippen LogP contribution in [0.4, 0.5) is 0 Å². The molecule has 1 unspecified atom stereocenters. The van der Waals surface area contributed by atoms with E-state index in [9.17, 15) is 4.79 Å². The largest absolute Gasteiger partial charge is 0.480 e. The summed E-state index contributed by atoms with van der Waals surface area (Å²) in [6.07, 6.45) is 0.228. The quantitative estimate of drug-likeness (QED) is 0.779. The van der Waals surface area contributed by atoms with Crippen LogP contribution in [0, 0.1) is 6.92 Å². The van der Waals surface area contributed by atoms with E-state index in [1.807, 2.05) is 19.1 Å². The number of rotatable bonds is 6. The summed E-state index contributed by atoms with van der Waals surface area (Å²) in [4.78, 5) is 15.1. The SMILES string of the molecule is Cc1nnc(SCc2cccc(CC(N)C(=O)O)n2)s1. The van der Waals surface area contributed by atoms with E-state index in [1.165, 1.54) is 0 Å². The van der Waals surface area contributed by atoms with Crippen molar-refractivity contribution in [2.45, 2.75) is 29.5 Å². The van der Waals surface area contributed by atoms with Crippen molar-refractivity contribution in [1.82, 2.24) is 15.2 Å². The minimum atomic E-state index is -1.02. The van der Waals surface area contributed by atoms with Crippen molar-refractivity contribution >= 4 is 29.1 Å². The van der Waals surface area contributed by atoms with Gasteiger partial charge in [-0.2, -0.15) is 0 Å². The lowest BCUT2D eigenvalue weighted by atomic mass is 10.1. The average Bonchev–Trinajstić information content (AvgIpc) is 2.82. The molecule has 0 saturated heterocycles. The molecule has 0 bridgehead atoms. The number of nitrogens with two attached hydrogens (primary N) is 1. The van der Waals surface area contributed by atoms with Crippen LogP contribution < -0.4 is 5.73 Å². The van der Waals surface area contributed by atoms with Crippen LogP contribution in [-0.2, 0) is 17.0 Å². The summed E-state index contributed by atoms with van der Waals surface area (Å²) in [5.41, 5.74) is 7.06. The van der Waals surface area contributed by atoms with Gasteiger partial charge in [-0.3, -0.25) is 9.78 Å². The molecule has 6 nitrogen and oxygen atoms in total. The molecule has 2 heterocycles. The maximum absolute atomic E-state index is 10.7. The van der Waals surface area contributed by atoms with Gasteiger partial charge in [0, 0.05) is 17.9 Å². The van der Waals surface area contributed by atoms with Gasteiger partial charge in [0.25, 0.3) is 0 Å². The van der Waals surface area contributed by atoms with Gasteiger partial charge in [-0.1, -0.05) is 29.2 Å². The summed E-state index contributed by atoms with van der Waals surface area (Å²) in [7, 11) is 0. The Bertz CT molecular complexity index is 603. The second kappa shape index (κ2) is 6.78. The minimum Gasteiger partial charge on any atom is -0.480 e. The number of aliphatic carboxylic acids is 1. The van der Waals surface area contributed by atoms with Crippen LogP contribution in [0.1, 0.15) is 16.4 Å². The molecular weight excluding hydrogens is 296 g/mol. The average molecular weight is 310 g/mol. The second-order valence-corrected chi connectivity index (χ2v) is 6.55. The first-order chi connectivity index (χ1) is 9.54. The lowest BCUT2D eigenvalue weighted by Gasteiger charge is -2.07. The van der Waals surface area contributed by atoms with E-state index in [4.69, 9.17) is 10.8 Å². The van der Waals surface area contributed by atoms with Gasteiger partial charge in [0.05, 0.1) is 5.69 Å². The zero-order valence-electron chi connectivity index (χ0n) is 10.8. The zero-order chi connectivity index (χ0) is 14.5. The van der Waals surface area contributed by atoms with Crippen LogP contribution in [0.2, 0.25) is 0 Å². The van der Waals surface area contributed by atoms with E-state index in [1.54, 1.807) is 29.2 Å². The van der Waals surface area contributed by atoms with Crippen molar-refractivity contribution in [3.8, 4) is 0 Å². The third-order valence-corrected chi connectivity index (χ3v) is 4.47. The fourth-order valence-electron chi connectivity index (χ4n) is 1.51. The molecule has 0 aliphatic rings. The van der Waals surface area contributed by atoms with E-state index >= 15 is 0 Å². The van der Waals surface area contributed by atoms with Gasteiger partial charge in [-0.25, -0.2) is 0 Å². The first kappa shape index (κ1) is 14.9. The molecular formula is C12H14N4O2S2. The van der Waals surface area contributed by atoms with Gasteiger partial charge in [-0.05, 0) is 19.1 Å². The molecule has 3 N–H and O–H groups in total. The lowest BCUT2D eigenvalue weighted by molar-refractivity contribution is -0.138. The number of carbonyl (C=O) groups is 1. The summed E-state index contributed by atoms with van der Waals surface area (Å²) in [6.45, 7) is 1.91. The van der Waals surface area contributed by atoms with E-state index in [0.717, 1.165) is 15.0 Å². The maximum Gasteiger partial charge on any atom is 0.320 e. The summed E-state index contributed by atoms with van der Waals surface area (Å²) in [5.74, 6) is -0.346. The van der Waals surface area contributed by atoms with E-state index < -0.39 is 12.0 Å². The fraction of sp³-hybridized carbons (Fsp3) is 0.333. The molecule has 8 heteroatoms. The monoisotopic (exact) mass is 310 g/mol. The lowest BCUT2D eigenvalue weighted by Crippen LogP contribution is -2.32. The highest BCUT2D eigenvalue weighted by molar-refractivity contribution is 8.00. The molecule has 106 valence electrons. The van der Waals surface area contributed by atoms with Crippen LogP contribution in [0.3, 0.4) is 0 Å². The van der Waals surface area contributed by atoms with E-state index in [0.29, 0.717) is 11.4 Å². The van der Waals surface area contributed by atoms with Crippen LogP contribution in [0.25, 0.3) is 0 Å². The molecule has 0 amide bonds. The number of hydrogen-bond acceptors (Lipinski definition) is 7. The molecule has 1 atom stereocenters. The van der Waals surface area contributed by atoms with Gasteiger partial charge in [0.15, 0.2) is 4.34 Å². The van der Waals surface area contributed by atoms with Crippen molar-refractivity contribution in [2.24, 2.45) is 5.73 Å². The minimum absolute atomic E-state index is 0.228. The van der Waals surface area contributed by atoms with Crippen LogP contribution in [0.15, 0.2) is 22.5 Å². The topological polar surface area (TPSA) is 102 Å². The Morgan fingerprint density at radius 1 is 1.45 bits per heavy atom. The Balaban J connectivity index is 1.97. The molecule has 0 fully saturated rings. The Labute approximate surface area is 124 Å². The highest BCUT2D eigenvalue weighted by Gasteiger charge is 2.13. The molecule has 0 saturated carbocycles. The molecule has 20 heavy (non-hydrogen) atoms. The predicted molar refractivity (Wildman–Crippen MR) is 77.8 cm³/mol. The number of carboxylic acids is 1. The van der Waals surface area contributed by atoms with Crippen molar-refractivity contribution in [2.75, 3.05) is 0 Å². The van der Waals surface area contributed by atoms with E-state index in [-0.39, 0.29) is 6.42 Å². The van der Waals surface area contributed by atoms with Gasteiger partial charge < -0.3 is 10.8 Å². The van der Waals surface area contributed by atoms with Crippen molar-refractivity contribution < 1.29 is 9.90 Å². The number of pyridine rings is 1. The van der Waals surface area contributed by atoms with Crippen molar-refractivity contribution in [3.05, 3.63) is 34.6 Å². The Kier molecular flexibility index (Phi) is 5.05. The molecule has 2 aromatic rings. The first-order valence-corrected chi connectivity index (χ1v) is 7.71. The summed E-state index contributed by atoms with van der Waals surface area (Å²) in [5, 5.41) is 17.7. The highest BCUT2D eigenvalue weighted by atomic mass is 32.2. The molecule has 0 aromatic carbocycles. The van der Waals surface area contributed by atoms with Gasteiger partial charge in [0.2, 0.25) is 0 Å². The normalized spacial score (nSPS) is 12.3. The van der Waals surface area contributed by atoms with Gasteiger partial charge >= 0.3 is 5.97 Å². The highest BCUT2D eigenvalue weighted by Crippen LogP contribution is 2.24. The molecule has 0 radical (unpaired) electrons. The van der Waals surface area contributed by atoms with Gasteiger partial charge in [0.1, 0.15) is 11.0 Å². The standard InChI is InChI=1S/C12H14N4O2S2/c1-7-15-16-12(20-7)19-6-9-4-2-3-8(14-9)5-10(13)11(17)18/h2-4,10H,5-6,13H2,1H3,(H,17,18). The van der Waals surface area contributed by atoms with Gasteiger partial charge in [-0.15, -0.1) is 10.2 Å². The smallest absolute Gasteiger partial charge is 0.320 e. The maximum atomic E-state index is 10.7. The third-order valence-electron chi connectivity index (χ3n) is 2.46. The van der Waals surface area contributed by atoms with Crippen molar-refractivity contribution in [3.63, 3.8) is 0 Å². The van der Waals surface area contributed by atoms with Crippen LogP contribution in [0.5, 0.6) is 0 Å². The number of nitrogens with zero attached hydrogens (tertiary/aromatic N) is 3. The summed E-state index contributed by atoms with van der Waals surface area (Å²) >= 11 is 3.10. The Hall–Kier alpha value is -1.51. The van der Waals surface area contributed by atoms with Crippen molar-refractivity contribution in [1.29, 1.82) is 0 Å². The molecule has 0 aliphatic carbocycles. The molecule has 0 spiro atoms. The third kappa shape index (κ3) is 4.26. The number of hydrogen-bond donors (Lipinski definition) is 2. The predicted octanol–water partition coefficient (Wildman–Crippen LogP) is 1.49. The molecule has 2 rings (SSSR count).